The van der Waals surface area contributed by atoms with Crippen LogP contribution in [0.5, 0.6) is 0 Å². The maximum atomic E-state index is 6.03. The first-order valence-corrected chi connectivity index (χ1v) is 7.92. The summed E-state index contributed by atoms with van der Waals surface area (Å²) in [6, 6.07) is 0.554. The molecular weight excluding hydrogens is 222 g/mol. The lowest BCUT2D eigenvalue weighted by Gasteiger charge is -2.44. The topological polar surface area (TPSA) is 21.3 Å². The van der Waals surface area contributed by atoms with Crippen LogP contribution < -0.4 is 5.32 Å². The summed E-state index contributed by atoms with van der Waals surface area (Å²) in [5, 5.41) is 3.58. The van der Waals surface area contributed by atoms with Gasteiger partial charge in [-0.25, -0.2) is 0 Å². The fourth-order valence-corrected chi connectivity index (χ4v) is 4.12. The van der Waals surface area contributed by atoms with Crippen molar-refractivity contribution in [3.05, 3.63) is 0 Å². The van der Waals surface area contributed by atoms with Crippen molar-refractivity contribution in [1.29, 1.82) is 0 Å². The lowest BCUT2D eigenvalue weighted by molar-refractivity contribution is -0.0778. The maximum Gasteiger partial charge on any atom is 0.0831 e. The number of nitrogens with one attached hydrogen (secondary N) is 1. The SMILES string of the molecule is CNC(CC1CCCC1)C1(OC)CCC(C)CC1. The third-order valence-corrected chi connectivity index (χ3v) is 5.55. The van der Waals surface area contributed by atoms with Crippen LogP contribution in [0.3, 0.4) is 0 Å². The third kappa shape index (κ3) is 3.08. The van der Waals surface area contributed by atoms with Crippen LogP contribution in [-0.4, -0.2) is 25.8 Å². The zero-order chi connectivity index (χ0) is 13.0. The van der Waals surface area contributed by atoms with Crippen LogP contribution in [0.25, 0.3) is 0 Å². The second-order valence-electron chi connectivity index (χ2n) is 6.68. The Kier molecular flexibility index (Phi) is 5.08. The molecule has 2 fully saturated rings. The maximum absolute atomic E-state index is 6.03. The fraction of sp³-hybridized carbons (Fsp3) is 1.00. The smallest absolute Gasteiger partial charge is 0.0831 e. The molecule has 0 aliphatic heterocycles. The lowest BCUT2D eigenvalue weighted by Crippen LogP contribution is -2.53. The lowest BCUT2D eigenvalue weighted by atomic mass is 9.73. The van der Waals surface area contributed by atoms with Gasteiger partial charge in [0, 0.05) is 13.2 Å². The molecule has 0 bridgehead atoms. The Bertz CT molecular complexity index is 239. The Morgan fingerprint density at radius 2 is 1.78 bits per heavy atom. The van der Waals surface area contributed by atoms with Crippen molar-refractivity contribution in [3.8, 4) is 0 Å². The van der Waals surface area contributed by atoms with E-state index in [2.05, 4.69) is 19.3 Å². The summed E-state index contributed by atoms with van der Waals surface area (Å²) in [6.07, 6.45) is 12.2. The van der Waals surface area contributed by atoms with Gasteiger partial charge in [-0.15, -0.1) is 0 Å². The van der Waals surface area contributed by atoms with Gasteiger partial charge in [0.15, 0.2) is 0 Å². The van der Waals surface area contributed by atoms with Crippen molar-refractivity contribution in [2.24, 2.45) is 11.8 Å². The van der Waals surface area contributed by atoms with E-state index in [1.807, 2.05) is 7.11 Å². The van der Waals surface area contributed by atoms with Crippen molar-refractivity contribution in [2.75, 3.05) is 14.2 Å². The van der Waals surface area contributed by atoms with E-state index in [4.69, 9.17) is 4.74 Å². The number of hydrogen-bond donors (Lipinski definition) is 1. The van der Waals surface area contributed by atoms with Gasteiger partial charge >= 0.3 is 0 Å². The van der Waals surface area contributed by atoms with Gasteiger partial charge in [0.1, 0.15) is 0 Å². The predicted molar refractivity (Wildman–Crippen MR) is 76.8 cm³/mol. The predicted octanol–water partition coefficient (Wildman–Crippen LogP) is 3.75. The molecule has 2 aliphatic carbocycles. The van der Waals surface area contributed by atoms with Gasteiger partial charge in [0.25, 0.3) is 0 Å². The Hall–Kier alpha value is -0.0800. The minimum absolute atomic E-state index is 0.115. The van der Waals surface area contributed by atoms with Gasteiger partial charge in [0.05, 0.1) is 5.60 Å². The van der Waals surface area contributed by atoms with Crippen molar-refractivity contribution in [1.82, 2.24) is 5.32 Å². The van der Waals surface area contributed by atoms with Crippen LogP contribution in [0.2, 0.25) is 0 Å². The van der Waals surface area contributed by atoms with E-state index >= 15 is 0 Å². The molecule has 0 amide bonds. The third-order valence-electron chi connectivity index (χ3n) is 5.55. The summed E-state index contributed by atoms with van der Waals surface area (Å²) in [6.45, 7) is 2.38. The molecule has 2 heteroatoms. The molecule has 2 aliphatic rings. The van der Waals surface area contributed by atoms with Crippen molar-refractivity contribution < 1.29 is 4.74 Å². The molecule has 2 rings (SSSR count). The average Bonchev–Trinajstić information content (AvgIpc) is 2.90. The zero-order valence-electron chi connectivity index (χ0n) is 12.5. The zero-order valence-corrected chi connectivity index (χ0v) is 12.5. The standard InChI is InChI=1S/C16H31NO/c1-13-8-10-16(18-3,11-9-13)15(17-2)12-14-6-4-5-7-14/h13-15,17H,4-12H2,1-3H3. The number of rotatable bonds is 5. The molecule has 18 heavy (non-hydrogen) atoms. The Labute approximate surface area is 113 Å². The van der Waals surface area contributed by atoms with E-state index < -0.39 is 0 Å². The molecule has 1 atom stereocenters. The van der Waals surface area contributed by atoms with E-state index in [9.17, 15) is 0 Å². The second kappa shape index (κ2) is 6.38. The van der Waals surface area contributed by atoms with Crippen LogP contribution in [0.15, 0.2) is 0 Å². The Morgan fingerprint density at radius 1 is 1.17 bits per heavy atom. The van der Waals surface area contributed by atoms with E-state index in [0.29, 0.717) is 6.04 Å². The summed E-state index contributed by atoms with van der Waals surface area (Å²) in [5.74, 6) is 1.83. The molecule has 2 nitrogen and oxygen atoms in total. The molecule has 1 unspecified atom stereocenters. The quantitative estimate of drug-likeness (QED) is 0.805. The largest absolute Gasteiger partial charge is 0.377 e. The first-order chi connectivity index (χ1) is 8.70. The molecule has 0 radical (unpaired) electrons. The van der Waals surface area contributed by atoms with Crippen LogP contribution in [0, 0.1) is 11.8 Å². The molecule has 106 valence electrons. The molecule has 0 spiro atoms. The second-order valence-corrected chi connectivity index (χ2v) is 6.68. The number of likely N-dealkylation sites (N-methyl/N-ethyl adjacent to an activating group) is 1. The fourth-order valence-electron chi connectivity index (χ4n) is 4.12. The highest BCUT2D eigenvalue weighted by atomic mass is 16.5. The molecule has 2 saturated carbocycles. The van der Waals surface area contributed by atoms with Gasteiger partial charge < -0.3 is 10.1 Å². The van der Waals surface area contributed by atoms with E-state index in [1.54, 1.807) is 0 Å². The van der Waals surface area contributed by atoms with Crippen LogP contribution >= 0.6 is 0 Å². The van der Waals surface area contributed by atoms with E-state index in [-0.39, 0.29) is 5.60 Å². The molecule has 1 N–H and O–H groups in total. The van der Waals surface area contributed by atoms with Crippen molar-refractivity contribution in [2.45, 2.75) is 76.4 Å². The summed E-state index contributed by atoms with van der Waals surface area (Å²) < 4.78 is 6.03. The first kappa shape index (κ1) is 14.3. The molecule has 0 saturated heterocycles. The van der Waals surface area contributed by atoms with E-state index in [0.717, 1.165) is 11.8 Å². The van der Waals surface area contributed by atoms with Gasteiger partial charge in [-0.05, 0) is 51.0 Å². The molecule has 0 heterocycles. The summed E-state index contributed by atoms with van der Waals surface area (Å²) in [5.41, 5.74) is 0.115. The first-order valence-electron chi connectivity index (χ1n) is 7.92. The van der Waals surface area contributed by atoms with Gasteiger partial charge in [0.2, 0.25) is 0 Å². The summed E-state index contributed by atoms with van der Waals surface area (Å²) >= 11 is 0. The normalized spacial score (nSPS) is 35.8. The van der Waals surface area contributed by atoms with Gasteiger partial charge in [-0.1, -0.05) is 32.6 Å². The highest BCUT2D eigenvalue weighted by Gasteiger charge is 2.41. The van der Waals surface area contributed by atoms with Crippen molar-refractivity contribution in [3.63, 3.8) is 0 Å². The highest BCUT2D eigenvalue weighted by Crippen LogP contribution is 2.40. The number of methoxy groups -OCH3 is 1. The van der Waals surface area contributed by atoms with Gasteiger partial charge in [-0.2, -0.15) is 0 Å². The minimum atomic E-state index is 0.115. The minimum Gasteiger partial charge on any atom is -0.377 e. The summed E-state index contributed by atoms with van der Waals surface area (Å²) in [7, 11) is 4.05. The summed E-state index contributed by atoms with van der Waals surface area (Å²) in [4.78, 5) is 0. The van der Waals surface area contributed by atoms with Crippen molar-refractivity contribution >= 4 is 0 Å². The monoisotopic (exact) mass is 253 g/mol. The Morgan fingerprint density at radius 3 is 2.28 bits per heavy atom. The Balaban J connectivity index is 1.98. The van der Waals surface area contributed by atoms with Crippen LogP contribution in [-0.2, 0) is 4.74 Å². The van der Waals surface area contributed by atoms with Gasteiger partial charge in [-0.3, -0.25) is 0 Å². The van der Waals surface area contributed by atoms with E-state index in [1.165, 1.54) is 57.8 Å². The highest BCUT2D eigenvalue weighted by molar-refractivity contribution is 4.97. The molecule has 0 aromatic rings. The van der Waals surface area contributed by atoms with Crippen LogP contribution in [0.4, 0.5) is 0 Å². The van der Waals surface area contributed by atoms with Crippen LogP contribution in [0.1, 0.15) is 64.7 Å². The number of ether oxygens (including phenoxy) is 1. The molecule has 0 aromatic heterocycles. The average molecular weight is 253 g/mol. The number of hydrogen-bond acceptors (Lipinski definition) is 2. The molecular formula is C16H31NO. The molecule has 0 aromatic carbocycles.